The van der Waals surface area contributed by atoms with Gasteiger partial charge < -0.3 is 14.8 Å². The second kappa shape index (κ2) is 5.74. The van der Waals surface area contributed by atoms with Crippen LogP contribution >= 0.6 is 0 Å². The Labute approximate surface area is 123 Å². The van der Waals surface area contributed by atoms with Crippen LogP contribution in [0.25, 0.3) is 0 Å². The van der Waals surface area contributed by atoms with E-state index in [1.54, 1.807) is 19.1 Å². The van der Waals surface area contributed by atoms with Crippen LogP contribution in [0.4, 0.5) is 0 Å². The normalized spacial score (nSPS) is 11.8. The molecule has 114 valence electrons. The van der Waals surface area contributed by atoms with Gasteiger partial charge in [0.2, 0.25) is 0 Å². The molecule has 1 heterocycles. The van der Waals surface area contributed by atoms with E-state index in [-0.39, 0.29) is 17.3 Å². The summed E-state index contributed by atoms with van der Waals surface area (Å²) in [6, 6.07) is 4.70. The Morgan fingerprint density at radius 1 is 1.43 bits per heavy atom. The van der Waals surface area contributed by atoms with E-state index < -0.39 is 10.0 Å². The van der Waals surface area contributed by atoms with Crippen LogP contribution in [0.2, 0.25) is 0 Å². The third-order valence-electron chi connectivity index (χ3n) is 3.02. The smallest absolute Gasteiger partial charge is 0.260 e. The fourth-order valence-electron chi connectivity index (χ4n) is 1.86. The SMILES string of the molecule is COc1cc(CN(C)S(=O)(=O)c2cnc(C)[nH]2)ccc1O. The fourth-order valence-corrected chi connectivity index (χ4v) is 2.98. The summed E-state index contributed by atoms with van der Waals surface area (Å²) in [5.74, 6) is 0.847. The van der Waals surface area contributed by atoms with Crippen molar-refractivity contribution in [1.82, 2.24) is 14.3 Å². The van der Waals surface area contributed by atoms with Crippen molar-refractivity contribution in [2.45, 2.75) is 18.5 Å². The van der Waals surface area contributed by atoms with E-state index in [2.05, 4.69) is 9.97 Å². The average molecular weight is 311 g/mol. The maximum atomic E-state index is 12.3. The summed E-state index contributed by atoms with van der Waals surface area (Å²) >= 11 is 0. The zero-order chi connectivity index (χ0) is 15.6. The molecule has 0 aliphatic rings. The molecular formula is C13H17N3O4S. The molecule has 0 spiro atoms. The molecule has 0 aliphatic carbocycles. The lowest BCUT2D eigenvalue weighted by Gasteiger charge is -2.16. The standard InChI is InChI=1S/C13H17N3O4S/c1-9-14-7-13(15-9)21(18,19)16(2)8-10-4-5-11(17)12(6-10)20-3/h4-7,17H,8H2,1-3H3,(H,14,15). The van der Waals surface area contributed by atoms with E-state index in [0.717, 1.165) is 0 Å². The maximum absolute atomic E-state index is 12.3. The number of aromatic amines is 1. The van der Waals surface area contributed by atoms with E-state index in [4.69, 9.17) is 4.74 Å². The van der Waals surface area contributed by atoms with Gasteiger partial charge in [0.05, 0.1) is 13.3 Å². The highest BCUT2D eigenvalue weighted by molar-refractivity contribution is 7.89. The number of hydrogen-bond donors (Lipinski definition) is 2. The largest absolute Gasteiger partial charge is 0.504 e. The molecule has 0 bridgehead atoms. The van der Waals surface area contributed by atoms with Crippen LogP contribution in [0.1, 0.15) is 11.4 Å². The summed E-state index contributed by atoms with van der Waals surface area (Å²) in [4.78, 5) is 6.61. The first-order valence-corrected chi connectivity index (χ1v) is 7.62. The number of nitrogens with one attached hydrogen (secondary N) is 1. The van der Waals surface area contributed by atoms with E-state index in [1.165, 1.54) is 30.7 Å². The lowest BCUT2D eigenvalue weighted by molar-refractivity contribution is 0.372. The molecule has 2 N–H and O–H groups in total. The number of benzene rings is 1. The van der Waals surface area contributed by atoms with Crippen molar-refractivity contribution in [2.24, 2.45) is 0 Å². The van der Waals surface area contributed by atoms with Crippen LogP contribution in [0.3, 0.4) is 0 Å². The molecule has 2 aromatic rings. The van der Waals surface area contributed by atoms with E-state index >= 15 is 0 Å². The van der Waals surface area contributed by atoms with Gasteiger partial charge >= 0.3 is 0 Å². The van der Waals surface area contributed by atoms with Crippen molar-refractivity contribution in [3.8, 4) is 11.5 Å². The van der Waals surface area contributed by atoms with Gasteiger partial charge in [-0.25, -0.2) is 13.4 Å². The first-order valence-electron chi connectivity index (χ1n) is 6.18. The van der Waals surface area contributed by atoms with Gasteiger partial charge in [-0.2, -0.15) is 4.31 Å². The van der Waals surface area contributed by atoms with Crippen LogP contribution in [0.15, 0.2) is 29.4 Å². The van der Waals surface area contributed by atoms with Gasteiger partial charge in [-0.3, -0.25) is 0 Å². The van der Waals surface area contributed by atoms with Crippen molar-refractivity contribution in [1.29, 1.82) is 0 Å². The summed E-state index contributed by atoms with van der Waals surface area (Å²) in [7, 11) is -0.720. The number of hydrogen-bond acceptors (Lipinski definition) is 5. The zero-order valence-electron chi connectivity index (χ0n) is 12.0. The summed E-state index contributed by atoms with van der Waals surface area (Å²) in [6.07, 6.45) is 1.29. The number of sulfonamides is 1. The predicted molar refractivity (Wildman–Crippen MR) is 76.6 cm³/mol. The number of aromatic nitrogens is 2. The van der Waals surface area contributed by atoms with Gasteiger partial charge in [-0.15, -0.1) is 0 Å². The van der Waals surface area contributed by atoms with Crippen molar-refractivity contribution in [3.05, 3.63) is 35.8 Å². The Balaban J connectivity index is 2.23. The zero-order valence-corrected chi connectivity index (χ0v) is 12.8. The second-order valence-electron chi connectivity index (χ2n) is 4.60. The summed E-state index contributed by atoms with van der Waals surface area (Å²) < 4.78 is 30.9. The highest BCUT2D eigenvalue weighted by Crippen LogP contribution is 2.27. The monoisotopic (exact) mass is 311 g/mol. The van der Waals surface area contributed by atoms with Gasteiger partial charge in [-0.05, 0) is 24.6 Å². The quantitative estimate of drug-likeness (QED) is 0.866. The Morgan fingerprint density at radius 3 is 2.71 bits per heavy atom. The lowest BCUT2D eigenvalue weighted by atomic mass is 10.2. The third-order valence-corrected chi connectivity index (χ3v) is 4.73. The first-order chi connectivity index (χ1) is 9.84. The minimum Gasteiger partial charge on any atom is -0.504 e. The molecule has 1 aromatic heterocycles. The van der Waals surface area contributed by atoms with Crippen LogP contribution < -0.4 is 4.74 Å². The van der Waals surface area contributed by atoms with Gasteiger partial charge in [0.15, 0.2) is 16.5 Å². The summed E-state index contributed by atoms with van der Waals surface area (Å²) in [6.45, 7) is 1.83. The highest BCUT2D eigenvalue weighted by Gasteiger charge is 2.23. The minimum absolute atomic E-state index is 0.0101. The molecule has 0 atom stereocenters. The maximum Gasteiger partial charge on any atom is 0.260 e. The number of H-pyrrole nitrogens is 1. The number of rotatable bonds is 5. The topological polar surface area (TPSA) is 95.5 Å². The van der Waals surface area contributed by atoms with Crippen LogP contribution in [0, 0.1) is 6.92 Å². The minimum atomic E-state index is -3.63. The van der Waals surface area contributed by atoms with Crippen molar-refractivity contribution in [2.75, 3.05) is 14.2 Å². The summed E-state index contributed by atoms with van der Waals surface area (Å²) in [5, 5.41) is 9.59. The van der Waals surface area contributed by atoms with Gasteiger partial charge in [0, 0.05) is 13.6 Å². The van der Waals surface area contributed by atoms with Gasteiger partial charge in [0.25, 0.3) is 10.0 Å². The van der Waals surface area contributed by atoms with Crippen molar-refractivity contribution < 1.29 is 18.3 Å². The number of methoxy groups -OCH3 is 1. The predicted octanol–water partition coefficient (Wildman–Crippen LogP) is 1.25. The van der Waals surface area contributed by atoms with Crippen LogP contribution in [0.5, 0.6) is 11.5 Å². The molecule has 1 aromatic carbocycles. The third kappa shape index (κ3) is 3.17. The molecule has 0 radical (unpaired) electrons. The number of nitrogens with zero attached hydrogens (tertiary/aromatic N) is 2. The summed E-state index contributed by atoms with van der Waals surface area (Å²) in [5.41, 5.74) is 0.701. The number of aryl methyl sites for hydroxylation is 1. The van der Waals surface area contributed by atoms with Crippen molar-refractivity contribution >= 4 is 10.0 Å². The Hall–Kier alpha value is -2.06. The molecule has 0 saturated carbocycles. The van der Waals surface area contributed by atoms with Gasteiger partial charge in [0.1, 0.15) is 5.82 Å². The number of phenolic OH excluding ortho intramolecular Hbond substituents is 1. The molecule has 0 fully saturated rings. The average Bonchev–Trinajstić information content (AvgIpc) is 2.88. The second-order valence-corrected chi connectivity index (χ2v) is 6.61. The number of aromatic hydroxyl groups is 1. The molecule has 7 nitrogen and oxygen atoms in total. The molecule has 21 heavy (non-hydrogen) atoms. The van der Waals surface area contributed by atoms with Crippen LogP contribution in [-0.2, 0) is 16.6 Å². The molecule has 0 saturated heterocycles. The number of phenols is 1. The molecule has 8 heteroatoms. The van der Waals surface area contributed by atoms with E-state index in [1.807, 2.05) is 0 Å². The molecule has 0 aliphatic heterocycles. The lowest BCUT2D eigenvalue weighted by Crippen LogP contribution is -2.26. The molecule has 0 unspecified atom stereocenters. The van der Waals surface area contributed by atoms with E-state index in [9.17, 15) is 13.5 Å². The Bertz CT molecular complexity index is 740. The molecule has 0 amide bonds. The molecular weight excluding hydrogens is 294 g/mol. The van der Waals surface area contributed by atoms with Crippen LogP contribution in [-0.4, -0.2) is 42.0 Å². The van der Waals surface area contributed by atoms with E-state index in [0.29, 0.717) is 17.1 Å². The first kappa shape index (κ1) is 15.3. The van der Waals surface area contributed by atoms with Gasteiger partial charge in [-0.1, -0.05) is 6.07 Å². The Morgan fingerprint density at radius 2 is 2.14 bits per heavy atom. The number of ether oxygens (including phenoxy) is 1. The molecule has 2 rings (SSSR count). The highest BCUT2D eigenvalue weighted by atomic mass is 32.2. The Kier molecular flexibility index (Phi) is 4.19. The fraction of sp³-hybridized carbons (Fsp3) is 0.308. The van der Waals surface area contributed by atoms with Crippen molar-refractivity contribution in [3.63, 3.8) is 0 Å². The number of imidazole rings is 1.